The van der Waals surface area contributed by atoms with Gasteiger partial charge < -0.3 is 15.5 Å². The van der Waals surface area contributed by atoms with Crippen molar-refractivity contribution in [3.8, 4) is 11.1 Å². The molecule has 4 heterocycles. The molecule has 0 bridgehead atoms. The summed E-state index contributed by atoms with van der Waals surface area (Å²) >= 11 is 0. The lowest BCUT2D eigenvalue weighted by atomic mass is 10.1. The summed E-state index contributed by atoms with van der Waals surface area (Å²) in [7, 11) is 0. The first kappa shape index (κ1) is 22.4. The minimum absolute atomic E-state index is 0.156. The molecule has 1 saturated heterocycles. The lowest BCUT2D eigenvalue weighted by Crippen LogP contribution is -2.42. The van der Waals surface area contributed by atoms with E-state index in [0.29, 0.717) is 16.8 Å². The van der Waals surface area contributed by atoms with Gasteiger partial charge in [-0.3, -0.25) is 20.2 Å². The predicted octanol–water partition coefficient (Wildman–Crippen LogP) is 2.29. The number of nitrogens with one attached hydrogen (secondary N) is 2. The zero-order valence-electron chi connectivity index (χ0n) is 17.1. The Hall–Kier alpha value is -3.84. The highest BCUT2D eigenvalue weighted by molar-refractivity contribution is 5.93. The first-order valence-corrected chi connectivity index (χ1v) is 9.65. The van der Waals surface area contributed by atoms with E-state index >= 15 is 0 Å². The van der Waals surface area contributed by atoms with Crippen molar-refractivity contribution in [1.82, 2.24) is 25.3 Å². The van der Waals surface area contributed by atoms with Gasteiger partial charge in [0.2, 0.25) is 5.95 Å². The Bertz CT molecular complexity index is 1170. The van der Waals surface area contributed by atoms with Crippen molar-refractivity contribution in [2.45, 2.75) is 25.1 Å². The van der Waals surface area contributed by atoms with E-state index in [1.165, 1.54) is 24.5 Å². The molecule has 4 rings (SSSR count). The third-order valence-corrected chi connectivity index (χ3v) is 4.81. The van der Waals surface area contributed by atoms with E-state index in [-0.39, 0.29) is 17.8 Å². The second-order valence-electron chi connectivity index (χ2n) is 7.34. The Labute approximate surface area is 185 Å². The zero-order valence-corrected chi connectivity index (χ0v) is 17.1. The summed E-state index contributed by atoms with van der Waals surface area (Å²) in [6.45, 7) is 1.37. The second kappa shape index (κ2) is 8.26. The number of halogens is 3. The number of β-amino-alcohol motifs (C(OH)–C–C–N with tert-alkyl or cyclic N) is 2. The maximum Gasteiger partial charge on any atom is 0.433 e. The molecule has 1 atom stereocenters. The smallest absolute Gasteiger partial charge is 0.347 e. The molecule has 0 spiro atoms. The van der Waals surface area contributed by atoms with Gasteiger partial charge in [-0.05, 0) is 36.8 Å². The van der Waals surface area contributed by atoms with Gasteiger partial charge in [0.05, 0.1) is 11.7 Å². The predicted molar refractivity (Wildman–Crippen MR) is 110 cm³/mol. The molecule has 1 aliphatic heterocycles. The highest BCUT2D eigenvalue weighted by atomic mass is 19.4. The highest BCUT2D eigenvalue weighted by Crippen LogP contribution is 2.30. The fraction of sp³-hybridized carbons (Fsp3) is 0.250. The van der Waals surface area contributed by atoms with Gasteiger partial charge in [-0.2, -0.15) is 18.2 Å². The molecule has 1 unspecified atom stereocenters. The van der Waals surface area contributed by atoms with Gasteiger partial charge in [-0.15, -0.1) is 0 Å². The first-order chi connectivity index (χ1) is 15.5. The number of aromatic nitrogens is 4. The molecule has 1 aliphatic rings. The van der Waals surface area contributed by atoms with Crippen LogP contribution in [-0.4, -0.2) is 48.6 Å². The molecule has 0 radical (unpaired) electrons. The van der Waals surface area contributed by atoms with Gasteiger partial charge in [0.1, 0.15) is 18.1 Å². The molecule has 0 aliphatic carbocycles. The summed E-state index contributed by atoms with van der Waals surface area (Å²) in [5.74, 6) is -2.04. The van der Waals surface area contributed by atoms with Crippen LogP contribution in [0.3, 0.4) is 0 Å². The lowest BCUT2D eigenvalue weighted by Gasteiger charge is -2.17. The fourth-order valence-corrected chi connectivity index (χ4v) is 3.19. The average molecular weight is 461 g/mol. The number of alkyl halides is 3. The van der Waals surface area contributed by atoms with Crippen molar-refractivity contribution in [3.05, 3.63) is 60.3 Å². The highest BCUT2D eigenvalue weighted by Gasteiger charge is 2.40. The maximum atomic E-state index is 12.9. The van der Waals surface area contributed by atoms with Crippen LogP contribution in [0.4, 0.5) is 29.7 Å². The molecular formula is C20H18F3N7O3. The number of nitrogens with zero attached hydrogens (tertiary/aromatic N) is 5. The quantitative estimate of drug-likeness (QED) is 0.425. The molecular weight excluding hydrogens is 443 g/mol. The van der Waals surface area contributed by atoms with Crippen LogP contribution in [0.2, 0.25) is 0 Å². The summed E-state index contributed by atoms with van der Waals surface area (Å²) < 4.78 is 38.7. The van der Waals surface area contributed by atoms with Gasteiger partial charge in [-0.25, -0.2) is 9.78 Å². The molecule has 3 aromatic heterocycles. The first-order valence-electron chi connectivity index (χ1n) is 9.65. The van der Waals surface area contributed by atoms with Crippen LogP contribution in [0.1, 0.15) is 24.4 Å². The molecule has 3 aromatic rings. The Balaban J connectivity index is 1.48. The van der Waals surface area contributed by atoms with Crippen molar-refractivity contribution >= 4 is 17.8 Å². The third-order valence-electron chi connectivity index (χ3n) is 4.81. The summed E-state index contributed by atoms with van der Waals surface area (Å²) in [6.07, 6.45) is -0.588. The van der Waals surface area contributed by atoms with Crippen LogP contribution in [0.15, 0.2) is 48.9 Å². The largest absolute Gasteiger partial charge is 0.433 e. The van der Waals surface area contributed by atoms with Crippen LogP contribution < -0.4 is 15.5 Å². The zero-order chi connectivity index (χ0) is 23.8. The van der Waals surface area contributed by atoms with Gasteiger partial charge >= 0.3 is 12.2 Å². The topological polar surface area (TPSA) is 136 Å². The second-order valence-corrected chi connectivity index (χ2v) is 7.34. The lowest BCUT2D eigenvalue weighted by molar-refractivity contribution is -0.155. The van der Waals surface area contributed by atoms with Crippen molar-refractivity contribution in [3.63, 3.8) is 0 Å². The van der Waals surface area contributed by atoms with Crippen molar-refractivity contribution < 1.29 is 28.2 Å². The van der Waals surface area contributed by atoms with Crippen molar-refractivity contribution in [1.29, 1.82) is 0 Å². The van der Waals surface area contributed by atoms with E-state index in [2.05, 4.69) is 25.3 Å². The summed E-state index contributed by atoms with van der Waals surface area (Å²) in [4.78, 5) is 28.9. The molecule has 1 fully saturated rings. The summed E-state index contributed by atoms with van der Waals surface area (Å²) in [5, 5.41) is 24.2. The van der Waals surface area contributed by atoms with Gasteiger partial charge in [0.15, 0.2) is 0 Å². The number of carbonyl (C=O) groups excluding carboxylic acids is 1. The SMILES string of the molecule is CC(Nc1nccc(N2CC(O)(O)NC2=O)n1)c1ccc(-c2ccnc(C(F)(F)F)c2)cn1. The van der Waals surface area contributed by atoms with E-state index in [1.807, 2.05) is 5.32 Å². The molecule has 4 N–H and O–H groups in total. The fourth-order valence-electron chi connectivity index (χ4n) is 3.19. The van der Waals surface area contributed by atoms with Crippen LogP contribution >= 0.6 is 0 Å². The number of amides is 2. The van der Waals surface area contributed by atoms with E-state index in [4.69, 9.17) is 0 Å². The van der Waals surface area contributed by atoms with E-state index < -0.39 is 30.4 Å². The minimum atomic E-state index is -4.54. The Kier molecular flexibility index (Phi) is 5.59. The van der Waals surface area contributed by atoms with E-state index in [1.54, 1.807) is 19.1 Å². The van der Waals surface area contributed by atoms with E-state index in [9.17, 15) is 28.2 Å². The Morgan fingerprint density at radius 1 is 1.12 bits per heavy atom. The summed E-state index contributed by atoms with van der Waals surface area (Å²) in [6, 6.07) is 6.05. The van der Waals surface area contributed by atoms with E-state index in [0.717, 1.165) is 17.2 Å². The number of aliphatic hydroxyl groups is 2. The molecule has 13 heteroatoms. The van der Waals surface area contributed by atoms with Gasteiger partial charge in [0, 0.05) is 24.2 Å². The number of urea groups is 1. The van der Waals surface area contributed by atoms with Crippen molar-refractivity contribution in [2.24, 2.45) is 0 Å². The minimum Gasteiger partial charge on any atom is -0.347 e. The van der Waals surface area contributed by atoms with Gasteiger partial charge in [-0.1, -0.05) is 6.07 Å². The number of rotatable bonds is 5. The van der Waals surface area contributed by atoms with Crippen LogP contribution in [0.25, 0.3) is 11.1 Å². The number of hydrogen-bond acceptors (Lipinski definition) is 8. The van der Waals surface area contributed by atoms with Gasteiger partial charge in [0.25, 0.3) is 5.91 Å². The Morgan fingerprint density at radius 2 is 1.88 bits per heavy atom. The molecule has 0 aromatic carbocycles. The number of anilines is 2. The molecule has 172 valence electrons. The average Bonchev–Trinajstić information content (AvgIpc) is 3.05. The number of carbonyl (C=O) groups is 1. The number of hydrogen-bond donors (Lipinski definition) is 4. The molecule has 0 saturated carbocycles. The maximum absolute atomic E-state index is 12.9. The molecule has 33 heavy (non-hydrogen) atoms. The van der Waals surface area contributed by atoms with Crippen molar-refractivity contribution in [2.75, 3.05) is 16.8 Å². The monoisotopic (exact) mass is 461 g/mol. The van der Waals surface area contributed by atoms with Crippen LogP contribution in [0.5, 0.6) is 0 Å². The Morgan fingerprint density at radius 3 is 2.52 bits per heavy atom. The number of pyridine rings is 2. The third kappa shape index (κ3) is 4.99. The normalized spacial score (nSPS) is 16.4. The van der Waals surface area contributed by atoms with Crippen LogP contribution in [-0.2, 0) is 6.18 Å². The molecule has 10 nitrogen and oxygen atoms in total. The standard InChI is InChI=1S/C20H18F3N7O3/c1-11(27-17-25-7-5-16(28-17)30-10-19(32,33)29-18(30)31)14-3-2-13(9-26-14)12-4-6-24-15(8-12)20(21,22)23/h2-9,11,32-33H,10H2,1H3,(H,29,31)(H,25,27,28). The summed E-state index contributed by atoms with van der Waals surface area (Å²) in [5.41, 5.74) is 0.415. The van der Waals surface area contributed by atoms with Crippen LogP contribution in [0, 0.1) is 0 Å². The molecule has 2 amide bonds.